The van der Waals surface area contributed by atoms with Crippen LogP contribution >= 0.6 is 0 Å². The van der Waals surface area contributed by atoms with Gasteiger partial charge in [-0.05, 0) is 47.7 Å². The molecular weight excluding hydrogens is 322 g/mol. The molecule has 0 spiro atoms. The van der Waals surface area contributed by atoms with Gasteiger partial charge in [-0.3, -0.25) is 9.59 Å². The van der Waals surface area contributed by atoms with Gasteiger partial charge in [0.05, 0.1) is 5.69 Å². The van der Waals surface area contributed by atoms with E-state index in [0.717, 1.165) is 5.69 Å². The van der Waals surface area contributed by atoms with Crippen molar-refractivity contribution in [3.63, 3.8) is 0 Å². The SMILES string of the molecule is CC(=O)c1cccc(OCC(=O)Nc2cccc(-n3cnnn3)c2)c1. The number of rotatable bonds is 6. The van der Waals surface area contributed by atoms with Gasteiger partial charge in [0.1, 0.15) is 12.1 Å². The van der Waals surface area contributed by atoms with Crippen molar-refractivity contribution in [3.05, 3.63) is 60.4 Å². The molecule has 3 aromatic rings. The average Bonchev–Trinajstić information content (AvgIpc) is 3.15. The Kier molecular flexibility index (Phi) is 4.79. The summed E-state index contributed by atoms with van der Waals surface area (Å²) in [7, 11) is 0. The highest BCUT2D eigenvalue weighted by Gasteiger charge is 2.07. The average molecular weight is 337 g/mol. The number of hydrogen-bond donors (Lipinski definition) is 1. The zero-order valence-corrected chi connectivity index (χ0v) is 13.4. The number of ketones is 1. The van der Waals surface area contributed by atoms with Crippen LogP contribution in [0.5, 0.6) is 5.75 Å². The minimum absolute atomic E-state index is 0.0608. The Morgan fingerprint density at radius 1 is 1.16 bits per heavy atom. The number of aromatic nitrogens is 4. The van der Waals surface area contributed by atoms with Gasteiger partial charge in [0.15, 0.2) is 12.4 Å². The lowest BCUT2D eigenvalue weighted by atomic mass is 10.1. The molecule has 1 N–H and O–H groups in total. The lowest BCUT2D eigenvalue weighted by Crippen LogP contribution is -2.20. The molecule has 3 rings (SSSR count). The van der Waals surface area contributed by atoms with E-state index < -0.39 is 0 Å². The molecular formula is C17H15N5O3. The summed E-state index contributed by atoms with van der Waals surface area (Å²) in [5.41, 5.74) is 1.85. The van der Waals surface area contributed by atoms with E-state index in [0.29, 0.717) is 17.0 Å². The number of carbonyl (C=O) groups is 2. The van der Waals surface area contributed by atoms with E-state index in [4.69, 9.17) is 4.74 Å². The molecule has 0 unspecified atom stereocenters. The second kappa shape index (κ2) is 7.35. The molecule has 1 amide bonds. The summed E-state index contributed by atoms with van der Waals surface area (Å²) in [6, 6.07) is 13.8. The standard InChI is InChI=1S/C17H15N5O3/c1-12(23)13-4-2-7-16(8-13)25-10-17(24)19-14-5-3-6-15(9-14)22-11-18-20-21-22/h2-9,11H,10H2,1H3,(H,19,24). The van der Waals surface area contributed by atoms with Crippen molar-refractivity contribution in [1.29, 1.82) is 0 Å². The van der Waals surface area contributed by atoms with Crippen LogP contribution < -0.4 is 10.1 Å². The third kappa shape index (κ3) is 4.25. The van der Waals surface area contributed by atoms with Gasteiger partial charge in [-0.15, -0.1) is 5.10 Å². The molecule has 0 saturated carbocycles. The molecule has 0 bridgehead atoms. The van der Waals surface area contributed by atoms with Crippen molar-refractivity contribution in [2.24, 2.45) is 0 Å². The highest BCUT2D eigenvalue weighted by molar-refractivity contribution is 5.94. The Labute approximate surface area is 143 Å². The lowest BCUT2D eigenvalue weighted by Gasteiger charge is -2.09. The van der Waals surface area contributed by atoms with Crippen molar-refractivity contribution in [3.8, 4) is 11.4 Å². The molecule has 0 aliphatic heterocycles. The summed E-state index contributed by atoms with van der Waals surface area (Å²) in [6.45, 7) is 1.31. The van der Waals surface area contributed by atoms with Crippen LogP contribution in [-0.4, -0.2) is 38.5 Å². The fraction of sp³-hybridized carbons (Fsp3) is 0.118. The fourth-order valence-corrected chi connectivity index (χ4v) is 2.16. The number of ether oxygens (including phenoxy) is 1. The second-order valence-corrected chi connectivity index (χ2v) is 5.23. The summed E-state index contributed by atoms with van der Waals surface area (Å²) in [4.78, 5) is 23.4. The molecule has 1 aromatic heterocycles. The maximum absolute atomic E-state index is 12.1. The van der Waals surface area contributed by atoms with Crippen molar-refractivity contribution in [2.45, 2.75) is 6.92 Å². The number of amides is 1. The van der Waals surface area contributed by atoms with Crippen LogP contribution in [-0.2, 0) is 4.79 Å². The minimum atomic E-state index is -0.318. The van der Waals surface area contributed by atoms with Gasteiger partial charge in [0.2, 0.25) is 0 Å². The molecule has 0 fully saturated rings. The first kappa shape index (κ1) is 16.3. The Balaban J connectivity index is 1.60. The van der Waals surface area contributed by atoms with E-state index in [1.165, 1.54) is 17.9 Å². The van der Waals surface area contributed by atoms with Gasteiger partial charge < -0.3 is 10.1 Å². The first-order valence-corrected chi connectivity index (χ1v) is 7.49. The Bertz CT molecular complexity index is 893. The van der Waals surface area contributed by atoms with Gasteiger partial charge in [0, 0.05) is 11.3 Å². The van der Waals surface area contributed by atoms with E-state index in [2.05, 4.69) is 20.8 Å². The van der Waals surface area contributed by atoms with E-state index >= 15 is 0 Å². The van der Waals surface area contributed by atoms with Crippen LogP contribution in [0.1, 0.15) is 17.3 Å². The minimum Gasteiger partial charge on any atom is -0.484 e. The Morgan fingerprint density at radius 3 is 2.76 bits per heavy atom. The van der Waals surface area contributed by atoms with Gasteiger partial charge >= 0.3 is 0 Å². The number of tetrazole rings is 1. The molecule has 0 aliphatic carbocycles. The largest absolute Gasteiger partial charge is 0.484 e. The van der Waals surface area contributed by atoms with Crippen molar-refractivity contribution in [1.82, 2.24) is 20.2 Å². The Hall–Kier alpha value is -3.55. The molecule has 1 heterocycles. The van der Waals surface area contributed by atoms with E-state index in [9.17, 15) is 9.59 Å². The van der Waals surface area contributed by atoms with Crippen molar-refractivity contribution in [2.75, 3.05) is 11.9 Å². The third-order valence-electron chi connectivity index (χ3n) is 3.35. The van der Waals surface area contributed by atoms with Crippen LogP contribution in [0.15, 0.2) is 54.9 Å². The molecule has 0 aliphatic rings. The highest BCUT2D eigenvalue weighted by Crippen LogP contribution is 2.15. The number of benzene rings is 2. The molecule has 25 heavy (non-hydrogen) atoms. The topological polar surface area (TPSA) is 99.0 Å². The van der Waals surface area contributed by atoms with Crippen LogP contribution in [0.2, 0.25) is 0 Å². The normalized spacial score (nSPS) is 10.3. The molecule has 2 aromatic carbocycles. The number of anilines is 1. The van der Waals surface area contributed by atoms with Gasteiger partial charge in [-0.1, -0.05) is 18.2 Å². The maximum Gasteiger partial charge on any atom is 0.262 e. The number of carbonyl (C=O) groups excluding carboxylic acids is 2. The predicted octanol–water partition coefficient (Wildman–Crippen LogP) is 1.88. The fourth-order valence-electron chi connectivity index (χ4n) is 2.16. The summed E-state index contributed by atoms with van der Waals surface area (Å²) in [6.07, 6.45) is 1.46. The van der Waals surface area contributed by atoms with Crippen LogP contribution in [0.3, 0.4) is 0 Å². The maximum atomic E-state index is 12.1. The smallest absolute Gasteiger partial charge is 0.262 e. The summed E-state index contributed by atoms with van der Waals surface area (Å²) < 4.78 is 6.92. The van der Waals surface area contributed by atoms with Crippen molar-refractivity contribution >= 4 is 17.4 Å². The van der Waals surface area contributed by atoms with Crippen LogP contribution in [0.4, 0.5) is 5.69 Å². The predicted molar refractivity (Wildman–Crippen MR) is 89.7 cm³/mol. The number of nitrogens with zero attached hydrogens (tertiary/aromatic N) is 4. The van der Waals surface area contributed by atoms with Gasteiger partial charge in [0.25, 0.3) is 5.91 Å². The number of Topliss-reactive ketones (excluding diaryl/α,β-unsaturated/α-hetero) is 1. The molecule has 8 heteroatoms. The highest BCUT2D eigenvalue weighted by atomic mass is 16.5. The lowest BCUT2D eigenvalue weighted by molar-refractivity contribution is -0.118. The van der Waals surface area contributed by atoms with Crippen LogP contribution in [0.25, 0.3) is 5.69 Å². The van der Waals surface area contributed by atoms with E-state index in [-0.39, 0.29) is 18.3 Å². The first-order valence-electron chi connectivity index (χ1n) is 7.49. The van der Waals surface area contributed by atoms with E-state index in [1.807, 2.05) is 6.07 Å². The molecule has 0 atom stereocenters. The number of nitrogens with one attached hydrogen (secondary N) is 1. The number of hydrogen-bond acceptors (Lipinski definition) is 6. The summed E-state index contributed by atoms with van der Waals surface area (Å²) in [5, 5.41) is 13.7. The van der Waals surface area contributed by atoms with Gasteiger partial charge in [-0.25, -0.2) is 4.68 Å². The first-order chi connectivity index (χ1) is 12.1. The summed E-state index contributed by atoms with van der Waals surface area (Å²) in [5.74, 6) is 0.0849. The Morgan fingerprint density at radius 2 is 2.00 bits per heavy atom. The third-order valence-corrected chi connectivity index (χ3v) is 3.35. The van der Waals surface area contributed by atoms with Crippen molar-refractivity contribution < 1.29 is 14.3 Å². The monoisotopic (exact) mass is 337 g/mol. The molecule has 8 nitrogen and oxygen atoms in total. The second-order valence-electron chi connectivity index (χ2n) is 5.23. The summed E-state index contributed by atoms with van der Waals surface area (Å²) >= 11 is 0. The molecule has 0 radical (unpaired) electrons. The van der Waals surface area contributed by atoms with Crippen LogP contribution in [0, 0.1) is 0 Å². The molecule has 126 valence electrons. The molecule has 0 saturated heterocycles. The van der Waals surface area contributed by atoms with E-state index in [1.54, 1.807) is 42.5 Å². The zero-order chi connectivity index (χ0) is 17.6. The zero-order valence-electron chi connectivity index (χ0n) is 13.4. The van der Waals surface area contributed by atoms with Gasteiger partial charge in [-0.2, -0.15) is 0 Å². The quantitative estimate of drug-likeness (QED) is 0.690.